The second kappa shape index (κ2) is 15.1. The fourth-order valence-electron chi connectivity index (χ4n) is 7.04. The Labute approximate surface area is 338 Å². The first kappa shape index (κ1) is 34.7. The van der Waals surface area contributed by atoms with Crippen LogP contribution in [-0.2, 0) is 0 Å². The quantitative estimate of drug-likeness (QED) is 0.151. The van der Waals surface area contributed by atoms with Crippen molar-refractivity contribution in [2.24, 2.45) is 0 Å². The van der Waals surface area contributed by atoms with E-state index in [4.69, 9.17) is 29.3 Å². The second-order valence-electron chi connectivity index (χ2n) is 13.6. The van der Waals surface area contributed by atoms with Gasteiger partial charge in [0, 0.05) is 49.7 Å². The lowest BCUT2D eigenvalue weighted by Crippen LogP contribution is -2.00. The van der Waals surface area contributed by atoms with Gasteiger partial charge < -0.3 is 4.42 Å². The molecule has 3 aromatic heterocycles. The summed E-state index contributed by atoms with van der Waals surface area (Å²) in [6.07, 6.45) is 1.92. The van der Waals surface area contributed by atoms with Gasteiger partial charge in [0.25, 0.3) is 0 Å². The molecule has 0 spiro atoms. The topological polar surface area (TPSA) is 101 Å². The molecule has 0 aliphatic heterocycles. The molecule has 272 valence electrons. The van der Waals surface area contributed by atoms with Crippen LogP contribution < -0.4 is 0 Å². The van der Waals surface area contributed by atoms with Crippen molar-refractivity contribution in [2.45, 2.75) is 9.79 Å². The van der Waals surface area contributed by atoms with Crippen molar-refractivity contribution in [3.05, 3.63) is 188 Å². The van der Waals surface area contributed by atoms with Crippen LogP contribution in [0.4, 0.5) is 0 Å². The van der Waals surface area contributed by atoms with Crippen LogP contribution >= 0.6 is 11.8 Å². The van der Waals surface area contributed by atoms with Crippen molar-refractivity contribution in [1.29, 1.82) is 5.26 Å². The van der Waals surface area contributed by atoms with Crippen molar-refractivity contribution in [3.8, 4) is 74.0 Å². The molecule has 58 heavy (non-hydrogen) atoms. The minimum absolute atomic E-state index is 0.529. The second-order valence-corrected chi connectivity index (χ2v) is 14.7. The lowest BCUT2D eigenvalue weighted by molar-refractivity contribution is 0.669. The highest BCUT2D eigenvalue weighted by molar-refractivity contribution is 7.99. The first-order chi connectivity index (χ1) is 28.7. The van der Waals surface area contributed by atoms with Gasteiger partial charge in [-0.25, -0.2) is 24.9 Å². The number of benzene rings is 7. The molecule has 7 aromatic carbocycles. The van der Waals surface area contributed by atoms with E-state index in [2.05, 4.69) is 42.5 Å². The van der Waals surface area contributed by atoms with Gasteiger partial charge in [0.15, 0.2) is 23.3 Å². The van der Waals surface area contributed by atoms with Crippen LogP contribution in [0.25, 0.3) is 89.9 Å². The molecule has 0 unspecified atom stereocenters. The summed E-state index contributed by atoms with van der Waals surface area (Å²) in [7, 11) is 0. The van der Waals surface area contributed by atoms with Gasteiger partial charge in [0.05, 0.1) is 22.2 Å². The zero-order chi connectivity index (χ0) is 38.8. The van der Waals surface area contributed by atoms with E-state index in [0.29, 0.717) is 34.4 Å². The molecule has 7 nitrogen and oxygen atoms in total. The third-order valence-corrected chi connectivity index (χ3v) is 11.0. The number of hydrogen-bond donors (Lipinski definition) is 0. The molecule has 0 amide bonds. The molecule has 0 saturated carbocycles. The molecular weight excluding hydrogens is 733 g/mol. The molecule has 0 saturated heterocycles. The van der Waals surface area contributed by atoms with E-state index in [1.165, 1.54) is 0 Å². The van der Waals surface area contributed by atoms with Crippen molar-refractivity contribution in [1.82, 2.24) is 24.9 Å². The molecule has 0 aliphatic rings. The SMILES string of the molecule is N#Cc1ccccc1-c1ccc(-c2nc(-c3ccccc3)nc(-c3ccc4c(c3)oc3ccc(-c5ncc(Sc6ccccc6)c(-c6ccccc6)n5)cc34)n2)cc1. The normalized spacial score (nSPS) is 11.2. The maximum atomic E-state index is 9.66. The fourth-order valence-corrected chi connectivity index (χ4v) is 7.95. The lowest BCUT2D eigenvalue weighted by atomic mass is 9.99. The third-order valence-electron chi connectivity index (χ3n) is 9.93. The van der Waals surface area contributed by atoms with Gasteiger partial charge in [-0.15, -0.1) is 0 Å². The Kier molecular flexibility index (Phi) is 9.03. The Morgan fingerprint density at radius 2 is 1.02 bits per heavy atom. The van der Waals surface area contributed by atoms with Crippen molar-refractivity contribution < 1.29 is 4.42 Å². The Morgan fingerprint density at radius 3 is 1.74 bits per heavy atom. The standard InChI is InChI=1S/C50H30N6OS/c51-30-38-16-10-11-19-40(38)32-20-22-35(23-21-32)49-54-48(34-14-6-2-7-15-34)55-50(56-49)37-24-26-41-42-28-36(25-27-43(42)57-44(41)29-37)47-52-31-45(58-39-17-8-3-9-18-39)46(53-47)33-12-4-1-5-13-33/h1-29,31H. The number of nitrogens with zero attached hydrogens (tertiary/aromatic N) is 6. The molecule has 3 heterocycles. The van der Waals surface area contributed by atoms with Crippen molar-refractivity contribution in [3.63, 3.8) is 0 Å². The van der Waals surface area contributed by atoms with Crippen LogP contribution in [0.5, 0.6) is 0 Å². The van der Waals surface area contributed by atoms with Crippen LogP contribution in [0.15, 0.2) is 196 Å². The van der Waals surface area contributed by atoms with E-state index in [1.54, 1.807) is 11.8 Å². The zero-order valence-corrected chi connectivity index (χ0v) is 31.6. The average Bonchev–Trinajstić information content (AvgIpc) is 3.67. The summed E-state index contributed by atoms with van der Waals surface area (Å²) in [6, 6.07) is 60.4. The number of aromatic nitrogens is 5. The smallest absolute Gasteiger partial charge is 0.164 e. The van der Waals surface area contributed by atoms with Crippen LogP contribution in [0.2, 0.25) is 0 Å². The van der Waals surface area contributed by atoms with Crippen LogP contribution in [0, 0.1) is 11.3 Å². The minimum Gasteiger partial charge on any atom is -0.456 e. The summed E-state index contributed by atoms with van der Waals surface area (Å²) < 4.78 is 6.45. The number of hydrogen-bond acceptors (Lipinski definition) is 8. The van der Waals surface area contributed by atoms with E-state index in [1.807, 2.05) is 146 Å². The Balaban J connectivity index is 1.02. The van der Waals surface area contributed by atoms with Gasteiger partial charge in [-0.2, -0.15) is 5.26 Å². The van der Waals surface area contributed by atoms with Gasteiger partial charge in [-0.3, -0.25) is 0 Å². The van der Waals surface area contributed by atoms with Crippen molar-refractivity contribution >= 4 is 33.7 Å². The van der Waals surface area contributed by atoms with E-state index in [-0.39, 0.29) is 0 Å². The Hall–Kier alpha value is -7.73. The molecule has 0 atom stereocenters. The lowest BCUT2D eigenvalue weighted by Gasteiger charge is -2.11. The molecular formula is C50H30N6OS. The molecule has 10 aromatic rings. The van der Waals surface area contributed by atoms with E-state index in [0.717, 1.165) is 70.8 Å². The van der Waals surface area contributed by atoms with Gasteiger partial charge >= 0.3 is 0 Å². The average molecular weight is 763 g/mol. The highest BCUT2D eigenvalue weighted by Gasteiger charge is 2.17. The molecule has 0 N–H and O–H groups in total. The number of rotatable bonds is 8. The van der Waals surface area contributed by atoms with Gasteiger partial charge in [-0.1, -0.05) is 139 Å². The summed E-state index contributed by atoms with van der Waals surface area (Å²) in [5.41, 5.74) is 9.25. The first-order valence-corrected chi connectivity index (χ1v) is 19.5. The predicted molar refractivity (Wildman–Crippen MR) is 231 cm³/mol. The Bertz CT molecular complexity index is 3140. The summed E-state index contributed by atoms with van der Waals surface area (Å²) in [4.78, 5) is 26.9. The van der Waals surface area contributed by atoms with Crippen LogP contribution in [0.1, 0.15) is 5.56 Å². The van der Waals surface area contributed by atoms with Crippen LogP contribution in [-0.4, -0.2) is 24.9 Å². The van der Waals surface area contributed by atoms with E-state index in [9.17, 15) is 5.26 Å². The van der Waals surface area contributed by atoms with Gasteiger partial charge in [-0.05, 0) is 59.7 Å². The molecule has 8 heteroatoms. The third kappa shape index (κ3) is 6.76. The number of furan rings is 1. The van der Waals surface area contributed by atoms with Crippen molar-refractivity contribution in [2.75, 3.05) is 0 Å². The largest absolute Gasteiger partial charge is 0.456 e. The Morgan fingerprint density at radius 1 is 0.448 bits per heavy atom. The van der Waals surface area contributed by atoms with Crippen LogP contribution in [0.3, 0.4) is 0 Å². The summed E-state index contributed by atoms with van der Waals surface area (Å²) >= 11 is 1.65. The first-order valence-electron chi connectivity index (χ1n) is 18.7. The number of fused-ring (bicyclic) bond motifs is 3. The zero-order valence-electron chi connectivity index (χ0n) is 30.8. The maximum absolute atomic E-state index is 9.66. The van der Waals surface area contributed by atoms with E-state index >= 15 is 0 Å². The maximum Gasteiger partial charge on any atom is 0.164 e. The van der Waals surface area contributed by atoms with E-state index < -0.39 is 0 Å². The van der Waals surface area contributed by atoms with Gasteiger partial charge in [0.1, 0.15) is 11.2 Å². The minimum atomic E-state index is 0.529. The molecule has 10 rings (SSSR count). The summed E-state index contributed by atoms with van der Waals surface area (Å²) in [5, 5.41) is 11.6. The summed E-state index contributed by atoms with van der Waals surface area (Å²) in [5.74, 6) is 2.27. The predicted octanol–water partition coefficient (Wildman–Crippen LogP) is 12.6. The summed E-state index contributed by atoms with van der Waals surface area (Å²) in [6.45, 7) is 0. The number of nitriles is 1. The highest BCUT2D eigenvalue weighted by Crippen LogP contribution is 2.38. The van der Waals surface area contributed by atoms with Gasteiger partial charge in [0.2, 0.25) is 0 Å². The molecule has 0 aliphatic carbocycles. The molecule has 0 bridgehead atoms. The molecule has 0 fully saturated rings. The highest BCUT2D eigenvalue weighted by atomic mass is 32.2. The monoisotopic (exact) mass is 762 g/mol. The molecule has 0 radical (unpaired) electrons. The fraction of sp³-hybridized carbons (Fsp3) is 0.